The average molecular weight is 280 g/mol. The SMILES string of the molecule is CCC1(CNc2cccc(F)c2C(N)=S)CCCC1. The Morgan fingerprint density at radius 3 is 2.68 bits per heavy atom. The van der Waals surface area contributed by atoms with Crippen LogP contribution < -0.4 is 11.1 Å². The summed E-state index contributed by atoms with van der Waals surface area (Å²) >= 11 is 4.94. The summed E-state index contributed by atoms with van der Waals surface area (Å²) in [6, 6.07) is 4.92. The third kappa shape index (κ3) is 3.06. The van der Waals surface area contributed by atoms with Crippen LogP contribution in [0.5, 0.6) is 0 Å². The molecule has 0 bridgehead atoms. The molecule has 1 fully saturated rings. The summed E-state index contributed by atoms with van der Waals surface area (Å²) < 4.78 is 13.8. The largest absolute Gasteiger partial charge is 0.389 e. The van der Waals surface area contributed by atoms with Gasteiger partial charge < -0.3 is 11.1 Å². The van der Waals surface area contributed by atoms with Gasteiger partial charge in [0.1, 0.15) is 10.8 Å². The van der Waals surface area contributed by atoms with Gasteiger partial charge in [-0.3, -0.25) is 0 Å². The molecule has 0 aromatic heterocycles. The first-order valence-electron chi connectivity index (χ1n) is 6.90. The van der Waals surface area contributed by atoms with Crippen LogP contribution >= 0.6 is 12.2 Å². The van der Waals surface area contributed by atoms with Crippen LogP contribution in [0.1, 0.15) is 44.6 Å². The fraction of sp³-hybridized carbons (Fsp3) is 0.533. The van der Waals surface area contributed by atoms with E-state index in [0.717, 1.165) is 13.0 Å². The monoisotopic (exact) mass is 280 g/mol. The summed E-state index contributed by atoms with van der Waals surface area (Å²) in [6.07, 6.45) is 6.22. The van der Waals surface area contributed by atoms with Crippen molar-refractivity contribution >= 4 is 22.9 Å². The van der Waals surface area contributed by atoms with Crippen LogP contribution in [0.3, 0.4) is 0 Å². The lowest BCUT2D eigenvalue weighted by Crippen LogP contribution is -2.27. The third-order valence-corrected chi connectivity index (χ3v) is 4.53. The van der Waals surface area contributed by atoms with E-state index in [4.69, 9.17) is 18.0 Å². The lowest BCUT2D eigenvalue weighted by atomic mass is 9.83. The van der Waals surface area contributed by atoms with Gasteiger partial charge in [0.15, 0.2) is 0 Å². The molecule has 0 heterocycles. The molecule has 0 radical (unpaired) electrons. The molecule has 0 atom stereocenters. The highest BCUT2D eigenvalue weighted by molar-refractivity contribution is 7.80. The highest BCUT2D eigenvalue weighted by Gasteiger charge is 2.31. The summed E-state index contributed by atoms with van der Waals surface area (Å²) in [4.78, 5) is 0.109. The van der Waals surface area contributed by atoms with Crippen LogP contribution in [-0.4, -0.2) is 11.5 Å². The highest BCUT2D eigenvalue weighted by Crippen LogP contribution is 2.41. The summed E-state index contributed by atoms with van der Waals surface area (Å²) in [5, 5.41) is 3.36. The maximum Gasteiger partial charge on any atom is 0.135 e. The normalized spacial score (nSPS) is 17.4. The van der Waals surface area contributed by atoms with Crippen molar-refractivity contribution in [2.24, 2.45) is 11.1 Å². The summed E-state index contributed by atoms with van der Waals surface area (Å²) in [7, 11) is 0. The van der Waals surface area contributed by atoms with Crippen LogP contribution in [0, 0.1) is 11.2 Å². The molecule has 19 heavy (non-hydrogen) atoms. The molecule has 0 spiro atoms. The molecular weight excluding hydrogens is 259 g/mol. The Kier molecular flexibility index (Phi) is 4.40. The molecule has 2 rings (SSSR count). The molecule has 0 amide bonds. The summed E-state index contributed by atoms with van der Waals surface area (Å²) in [5.74, 6) is -0.352. The Hall–Kier alpha value is -1.16. The topological polar surface area (TPSA) is 38.0 Å². The van der Waals surface area contributed by atoms with E-state index in [1.807, 2.05) is 6.07 Å². The van der Waals surface area contributed by atoms with Crippen molar-refractivity contribution in [3.63, 3.8) is 0 Å². The molecule has 1 aliphatic rings. The molecule has 1 aromatic carbocycles. The van der Waals surface area contributed by atoms with Gasteiger partial charge in [-0.15, -0.1) is 0 Å². The lowest BCUT2D eigenvalue weighted by molar-refractivity contribution is 0.307. The Morgan fingerprint density at radius 1 is 1.42 bits per heavy atom. The summed E-state index contributed by atoms with van der Waals surface area (Å²) in [6.45, 7) is 3.09. The van der Waals surface area contributed by atoms with Gasteiger partial charge in [-0.1, -0.05) is 38.0 Å². The van der Waals surface area contributed by atoms with Gasteiger partial charge in [0.05, 0.1) is 5.56 Å². The number of nitrogens with one attached hydrogen (secondary N) is 1. The van der Waals surface area contributed by atoms with Crippen LogP contribution in [0.25, 0.3) is 0 Å². The number of benzene rings is 1. The van der Waals surface area contributed by atoms with E-state index in [2.05, 4.69) is 12.2 Å². The van der Waals surface area contributed by atoms with Crippen molar-refractivity contribution < 1.29 is 4.39 Å². The molecule has 1 saturated carbocycles. The van der Waals surface area contributed by atoms with Crippen molar-refractivity contribution in [1.29, 1.82) is 0 Å². The highest BCUT2D eigenvalue weighted by atomic mass is 32.1. The average Bonchev–Trinajstić information content (AvgIpc) is 2.85. The molecule has 1 aromatic rings. The van der Waals surface area contributed by atoms with Gasteiger partial charge in [0, 0.05) is 12.2 Å². The van der Waals surface area contributed by atoms with E-state index >= 15 is 0 Å². The maximum atomic E-state index is 13.8. The predicted molar refractivity (Wildman–Crippen MR) is 82.0 cm³/mol. The van der Waals surface area contributed by atoms with Crippen LogP contribution in [-0.2, 0) is 0 Å². The summed E-state index contributed by atoms with van der Waals surface area (Å²) in [5.41, 5.74) is 7.01. The Bertz CT molecular complexity index is 467. The second-order valence-corrected chi connectivity index (χ2v) is 5.88. The number of hydrogen-bond acceptors (Lipinski definition) is 2. The fourth-order valence-corrected chi connectivity index (χ4v) is 3.19. The zero-order chi connectivity index (χ0) is 13.9. The van der Waals surface area contributed by atoms with Crippen LogP contribution in [0.2, 0.25) is 0 Å². The Balaban J connectivity index is 2.15. The first-order chi connectivity index (χ1) is 9.08. The third-order valence-electron chi connectivity index (χ3n) is 4.33. The molecule has 0 saturated heterocycles. The Labute approximate surface area is 119 Å². The molecule has 0 unspecified atom stereocenters. The van der Waals surface area contributed by atoms with E-state index < -0.39 is 0 Å². The number of nitrogens with two attached hydrogens (primary N) is 1. The van der Waals surface area contributed by atoms with E-state index in [1.54, 1.807) is 6.07 Å². The molecular formula is C15H21FN2S. The molecule has 104 valence electrons. The van der Waals surface area contributed by atoms with Gasteiger partial charge in [0.2, 0.25) is 0 Å². The van der Waals surface area contributed by atoms with Crippen molar-refractivity contribution in [3.8, 4) is 0 Å². The number of rotatable bonds is 5. The second-order valence-electron chi connectivity index (χ2n) is 5.44. The minimum absolute atomic E-state index is 0.109. The molecule has 4 heteroatoms. The molecule has 3 N–H and O–H groups in total. The van der Waals surface area contributed by atoms with E-state index in [1.165, 1.54) is 31.7 Å². The van der Waals surface area contributed by atoms with Crippen molar-refractivity contribution in [1.82, 2.24) is 0 Å². The first kappa shape index (κ1) is 14.3. The van der Waals surface area contributed by atoms with Gasteiger partial charge in [-0.2, -0.15) is 0 Å². The van der Waals surface area contributed by atoms with Gasteiger partial charge >= 0.3 is 0 Å². The van der Waals surface area contributed by atoms with Crippen molar-refractivity contribution in [3.05, 3.63) is 29.6 Å². The smallest absolute Gasteiger partial charge is 0.135 e. The van der Waals surface area contributed by atoms with Crippen LogP contribution in [0.4, 0.5) is 10.1 Å². The standard InChI is InChI=1S/C15H21FN2S/c1-2-15(8-3-4-9-15)10-18-12-7-5-6-11(16)13(12)14(17)19/h5-7,18H,2-4,8-10H2,1H3,(H2,17,19). The molecule has 0 aliphatic heterocycles. The zero-order valence-electron chi connectivity index (χ0n) is 11.3. The second kappa shape index (κ2) is 5.87. The molecule has 2 nitrogen and oxygen atoms in total. The number of anilines is 1. The predicted octanol–water partition coefficient (Wildman–Crippen LogP) is 3.84. The minimum atomic E-state index is -0.352. The van der Waals surface area contributed by atoms with Crippen molar-refractivity contribution in [2.45, 2.75) is 39.0 Å². The maximum absolute atomic E-state index is 13.8. The van der Waals surface area contributed by atoms with E-state index in [0.29, 0.717) is 16.7 Å². The van der Waals surface area contributed by atoms with Gasteiger partial charge in [0.25, 0.3) is 0 Å². The quantitative estimate of drug-likeness (QED) is 0.805. The lowest BCUT2D eigenvalue weighted by Gasteiger charge is -2.28. The number of halogens is 1. The van der Waals surface area contributed by atoms with Gasteiger partial charge in [-0.25, -0.2) is 4.39 Å². The Morgan fingerprint density at radius 2 is 2.11 bits per heavy atom. The first-order valence-corrected chi connectivity index (χ1v) is 7.31. The van der Waals surface area contributed by atoms with Crippen molar-refractivity contribution in [2.75, 3.05) is 11.9 Å². The molecule has 1 aliphatic carbocycles. The number of thiocarbonyl (C=S) groups is 1. The van der Waals surface area contributed by atoms with E-state index in [-0.39, 0.29) is 10.8 Å². The zero-order valence-corrected chi connectivity index (χ0v) is 12.2. The van der Waals surface area contributed by atoms with Crippen LogP contribution in [0.15, 0.2) is 18.2 Å². The van der Waals surface area contributed by atoms with E-state index in [9.17, 15) is 4.39 Å². The fourth-order valence-electron chi connectivity index (χ4n) is 2.98. The number of hydrogen-bond donors (Lipinski definition) is 2. The minimum Gasteiger partial charge on any atom is -0.389 e. The van der Waals surface area contributed by atoms with Gasteiger partial charge in [-0.05, 0) is 36.8 Å².